The summed E-state index contributed by atoms with van der Waals surface area (Å²) >= 11 is 12.8. The summed E-state index contributed by atoms with van der Waals surface area (Å²) in [4.78, 5) is 0. The molecule has 2 aromatic rings. The van der Waals surface area contributed by atoms with Crippen molar-refractivity contribution in [1.29, 1.82) is 0 Å². The van der Waals surface area contributed by atoms with Crippen molar-refractivity contribution in [2.24, 2.45) is 0 Å². The third-order valence-electron chi connectivity index (χ3n) is 2.28. The van der Waals surface area contributed by atoms with Crippen LogP contribution < -0.4 is 5.32 Å². The van der Waals surface area contributed by atoms with Crippen LogP contribution in [0.3, 0.4) is 0 Å². The number of nitrogens with one attached hydrogen (secondary N) is 1. The van der Waals surface area contributed by atoms with Crippen LogP contribution in [0.25, 0.3) is 0 Å². The van der Waals surface area contributed by atoms with Crippen LogP contribution in [0.4, 0.5) is 5.69 Å². The average Bonchev–Trinajstić information content (AvgIpc) is 2.38. The molecule has 0 amide bonds. The Morgan fingerprint density at radius 3 is 2.61 bits per heavy atom. The summed E-state index contributed by atoms with van der Waals surface area (Å²) in [5.74, 6) is 0.868. The van der Waals surface area contributed by atoms with E-state index in [1.54, 1.807) is 11.8 Å². The Labute approximate surface area is 122 Å². The minimum absolute atomic E-state index is 0.704. The molecule has 0 radical (unpaired) electrons. The summed E-state index contributed by atoms with van der Waals surface area (Å²) in [5.41, 5.74) is 2.19. The first-order valence-corrected chi connectivity index (χ1v) is 7.24. The van der Waals surface area contributed by atoms with Gasteiger partial charge in [-0.2, -0.15) is 0 Å². The zero-order chi connectivity index (χ0) is 12.8. The molecule has 1 N–H and O–H groups in total. The van der Waals surface area contributed by atoms with Crippen LogP contribution >= 0.6 is 35.6 Å². The maximum atomic E-state index is 5.91. The molecule has 1 nitrogen and oxygen atoms in total. The molecule has 0 bridgehead atoms. The number of halogens is 1. The Kier molecular flexibility index (Phi) is 5.05. The molecule has 0 aliphatic rings. The molecule has 0 saturated heterocycles. The van der Waals surface area contributed by atoms with E-state index >= 15 is 0 Å². The van der Waals surface area contributed by atoms with Crippen LogP contribution in [0, 0.1) is 0 Å². The third kappa shape index (κ3) is 4.33. The second kappa shape index (κ2) is 6.78. The molecule has 4 heteroatoms. The zero-order valence-electron chi connectivity index (χ0n) is 9.60. The van der Waals surface area contributed by atoms with Gasteiger partial charge >= 0.3 is 0 Å². The van der Waals surface area contributed by atoms with E-state index in [9.17, 15) is 0 Å². The average molecular weight is 294 g/mol. The number of rotatable bonds is 3. The van der Waals surface area contributed by atoms with Crippen molar-refractivity contribution in [3.05, 3.63) is 65.2 Å². The summed E-state index contributed by atoms with van der Waals surface area (Å²) in [6.45, 7) is 0. The monoisotopic (exact) mass is 293 g/mol. The Balaban J connectivity index is 1.86. The van der Waals surface area contributed by atoms with Gasteiger partial charge in [0, 0.05) is 16.5 Å². The third-order valence-corrected chi connectivity index (χ3v) is 3.82. The van der Waals surface area contributed by atoms with Gasteiger partial charge in [-0.3, -0.25) is 0 Å². The van der Waals surface area contributed by atoms with E-state index in [2.05, 4.69) is 17.4 Å². The first kappa shape index (κ1) is 13.4. The van der Waals surface area contributed by atoms with E-state index in [4.69, 9.17) is 23.8 Å². The molecule has 0 saturated carbocycles. The lowest BCUT2D eigenvalue weighted by atomic mass is 10.2. The molecule has 0 aromatic heterocycles. The van der Waals surface area contributed by atoms with Crippen LogP contribution in [-0.2, 0) is 5.75 Å². The molecule has 0 aliphatic heterocycles. The van der Waals surface area contributed by atoms with Crippen LogP contribution in [0.2, 0.25) is 5.02 Å². The van der Waals surface area contributed by atoms with Gasteiger partial charge in [-0.15, -0.1) is 0 Å². The molecule has 0 heterocycles. The number of benzene rings is 2. The van der Waals surface area contributed by atoms with Gasteiger partial charge in [0.2, 0.25) is 0 Å². The standard InChI is InChI=1S/C14H12ClNS2/c15-12-7-4-8-13(9-12)16-14(17)18-10-11-5-2-1-3-6-11/h1-9H,10H2,(H,16,17). The zero-order valence-corrected chi connectivity index (χ0v) is 12.0. The molecule has 2 rings (SSSR count). The molecule has 0 spiro atoms. The first-order valence-electron chi connectivity index (χ1n) is 5.47. The Bertz CT molecular complexity index is 528. The highest BCUT2D eigenvalue weighted by atomic mass is 35.5. The van der Waals surface area contributed by atoms with Crippen molar-refractivity contribution in [2.75, 3.05) is 5.32 Å². The quantitative estimate of drug-likeness (QED) is 0.803. The predicted octanol–water partition coefficient (Wildman–Crippen LogP) is 4.97. The summed E-state index contributed by atoms with van der Waals surface area (Å²) in [6, 6.07) is 17.8. The van der Waals surface area contributed by atoms with Gasteiger partial charge in [-0.05, 0) is 23.8 Å². The highest BCUT2D eigenvalue weighted by Gasteiger charge is 2.00. The van der Waals surface area contributed by atoms with E-state index < -0.39 is 0 Å². The fraction of sp³-hybridized carbons (Fsp3) is 0.0714. The highest BCUT2D eigenvalue weighted by Crippen LogP contribution is 2.19. The Hall–Kier alpha value is -1.03. The minimum Gasteiger partial charge on any atom is -0.341 e. The highest BCUT2D eigenvalue weighted by molar-refractivity contribution is 8.22. The molecular weight excluding hydrogens is 282 g/mol. The number of hydrogen-bond donors (Lipinski definition) is 1. The largest absolute Gasteiger partial charge is 0.341 e. The van der Waals surface area contributed by atoms with Crippen molar-refractivity contribution in [3.8, 4) is 0 Å². The van der Waals surface area contributed by atoms with E-state index in [-0.39, 0.29) is 0 Å². The number of thiocarbonyl (C=S) groups is 1. The maximum Gasteiger partial charge on any atom is 0.138 e. The summed E-state index contributed by atoms with van der Waals surface area (Å²) in [7, 11) is 0. The molecule has 18 heavy (non-hydrogen) atoms. The second-order valence-corrected chi connectivity index (χ2v) is 5.79. The van der Waals surface area contributed by atoms with Gasteiger partial charge in [0.15, 0.2) is 0 Å². The van der Waals surface area contributed by atoms with Gasteiger partial charge in [-0.25, -0.2) is 0 Å². The normalized spacial score (nSPS) is 10.1. The van der Waals surface area contributed by atoms with Crippen LogP contribution in [0.15, 0.2) is 54.6 Å². The van der Waals surface area contributed by atoms with Crippen LogP contribution in [0.5, 0.6) is 0 Å². The lowest BCUT2D eigenvalue weighted by Crippen LogP contribution is -2.04. The smallest absolute Gasteiger partial charge is 0.138 e. The summed E-state index contributed by atoms with van der Waals surface area (Å²) < 4.78 is 0.751. The minimum atomic E-state index is 0.704. The SMILES string of the molecule is S=C(Nc1cccc(Cl)c1)SCc1ccccc1. The van der Waals surface area contributed by atoms with Gasteiger partial charge in [0.1, 0.15) is 4.32 Å². The molecule has 0 atom stereocenters. The molecule has 92 valence electrons. The van der Waals surface area contributed by atoms with Crippen LogP contribution in [-0.4, -0.2) is 4.32 Å². The topological polar surface area (TPSA) is 12.0 Å². The molecule has 0 unspecified atom stereocenters. The molecular formula is C14H12ClNS2. The second-order valence-electron chi connectivity index (χ2n) is 3.70. The van der Waals surface area contributed by atoms with Crippen LogP contribution in [0.1, 0.15) is 5.56 Å². The maximum absolute atomic E-state index is 5.91. The Morgan fingerprint density at radius 2 is 1.89 bits per heavy atom. The van der Waals surface area contributed by atoms with Crippen molar-refractivity contribution in [2.45, 2.75) is 5.75 Å². The van der Waals surface area contributed by atoms with Crippen molar-refractivity contribution in [3.63, 3.8) is 0 Å². The predicted molar refractivity (Wildman–Crippen MR) is 85.4 cm³/mol. The first-order chi connectivity index (χ1) is 8.74. The van der Waals surface area contributed by atoms with Gasteiger partial charge in [-0.1, -0.05) is 72.0 Å². The lowest BCUT2D eigenvalue weighted by molar-refractivity contribution is 1.42. The summed E-state index contributed by atoms with van der Waals surface area (Å²) in [5, 5.41) is 3.87. The van der Waals surface area contributed by atoms with E-state index in [0.29, 0.717) is 5.02 Å². The molecule has 0 aliphatic carbocycles. The van der Waals surface area contributed by atoms with Gasteiger partial charge in [0.25, 0.3) is 0 Å². The van der Waals surface area contributed by atoms with Crippen molar-refractivity contribution >= 4 is 45.6 Å². The van der Waals surface area contributed by atoms with E-state index in [1.807, 2.05) is 42.5 Å². The number of anilines is 1. The fourth-order valence-corrected chi connectivity index (χ4v) is 2.61. The molecule has 2 aromatic carbocycles. The van der Waals surface area contributed by atoms with Gasteiger partial charge in [0.05, 0.1) is 0 Å². The van der Waals surface area contributed by atoms with E-state index in [1.165, 1.54) is 5.56 Å². The van der Waals surface area contributed by atoms with Gasteiger partial charge < -0.3 is 5.32 Å². The van der Waals surface area contributed by atoms with Crippen molar-refractivity contribution in [1.82, 2.24) is 0 Å². The summed E-state index contributed by atoms with van der Waals surface area (Å²) in [6.07, 6.45) is 0. The molecule has 0 fully saturated rings. The Morgan fingerprint density at radius 1 is 1.11 bits per heavy atom. The fourth-order valence-electron chi connectivity index (χ4n) is 1.44. The lowest BCUT2D eigenvalue weighted by Gasteiger charge is -2.07. The number of hydrogen-bond acceptors (Lipinski definition) is 2. The number of thioether (sulfide) groups is 1. The van der Waals surface area contributed by atoms with E-state index in [0.717, 1.165) is 15.8 Å². The van der Waals surface area contributed by atoms with Crippen molar-refractivity contribution < 1.29 is 0 Å².